The molecular formula is C56H102O6. The Hall–Kier alpha value is -2.37. The van der Waals surface area contributed by atoms with Gasteiger partial charge in [0.2, 0.25) is 0 Å². The second kappa shape index (κ2) is 51.3. The Morgan fingerprint density at radius 3 is 0.919 bits per heavy atom. The summed E-state index contributed by atoms with van der Waals surface area (Å²) in [6.07, 6.45) is 59.9. The van der Waals surface area contributed by atoms with Crippen molar-refractivity contribution >= 4 is 17.9 Å². The van der Waals surface area contributed by atoms with Crippen LogP contribution in [0.2, 0.25) is 0 Å². The van der Waals surface area contributed by atoms with E-state index in [9.17, 15) is 14.4 Å². The first kappa shape index (κ1) is 59.6. The summed E-state index contributed by atoms with van der Waals surface area (Å²) in [7, 11) is 0. The Balaban J connectivity index is 4.36. The van der Waals surface area contributed by atoms with Gasteiger partial charge in [-0.15, -0.1) is 0 Å². The van der Waals surface area contributed by atoms with Crippen LogP contribution < -0.4 is 0 Å². The van der Waals surface area contributed by atoms with Crippen molar-refractivity contribution in [1.29, 1.82) is 0 Å². The molecule has 0 aromatic rings. The third-order valence-corrected chi connectivity index (χ3v) is 11.9. The average Bonchev–Trinajstić information content (AvgIpc) is 3.27. The van der Waals surface area contributed by atoms with Crippen LogP contribution in [0.5, 0.6) is 0 Å². The predicted molar refractivity (Wildman–Crippen MR) is 266 cm³/mol. The molecule has 0 radical (unpaired) electrons. The molecule has 0 saturated carbocycles. The molecule has 0 aliphatic carbocycles. The van der Waals surface area contributed by atoms with Gasteiger partial charge in [-0.3, -0.25) is 14.4 Å². The second-order valence-electron chi connectivity index (χ2n) is 18.2. The number of carbonyl (C=O) groups is 3. The largest absolute Gasteiger partial charge is 0.462 e. The molecule has 1 atom stereocenters. The molecular weight excluding hydrogens is 769 g/mol. The zero-order chi connectivity index (χ0) is 45.1. The number of esters is 3. The van der Waals surface area contributed by atoms with E-state index in [0.29, 0.717) is 19.3 Å². The molecule has 0 fully saturated rings. The molecule has 0 aromatic heterocycles. The Kier molecular flexibility index (Phi) is 49.3. The van der Waals surface area contributed by atoms with Gasteiger partial charge in [-0.25, -0.2) is 0 Å². The third kappa shape index (κ3) is 48.7. The molecule has 0 amide bonds. The van der Waals surface area contributed by atoms with E-state index in [1.807, 2.05) is 0 Å². The predicted octanol–water partition coefficient (Wildman–Crippen LogP) is 17.7. The van der Waals surface area contributed by atoms with Crippen molar-refractivity contribution in [2.24, 2.45) is 0 Å². The first-order chi connectivity index (χ1) is 30.5. The number of hydrogen-bond donors (Lipinski definition) is 0. The molecule has 0 aromatic carbocycles. The summed E-state index contributed by atoms with van der Waals surface area (Å²) in [6, 6.07) is 0. The van der Waals surface area contributed by atoms with E-state index in [2.05, 4.69) is 57.2 Å². The lowest BCUT2D eigenvalue weighted by Crippen LogP contribution is -2.30. The minimum Gasteiger partial charge on any atom is -0.462 e. The van der Waals surface area contributed by atoms with Gasteiger partial charge < -0.3 is 14.2 Å². The van der Waals surface area contributed by atoms with Crippen LogP contribution in [0, 0.1) is 0 Å². The van der Waals surface area contributed by atoms with Gasteiger partial charge in [0.15, 0.2) is 6.10 Å². The Bertz CT molecular complexity index is 1050. The highest BCUT2D eigenvalue weighted by Gasteiger charge is 2.19. The minimum absolute atomic E-state index is 0.0828. The number of unbranched alkanes of at least 4 members (excludes halogenated alkanes) is 33. The molecule has 362 valence electrons. The monoisotopic (exact) mass is 871 g/mol. The molecule has 6 nitrogen and oxygen atoms in total. The van der Waals surface area contributed by atoms with Crippen LogP contribution >= 0.6 is 0 Å². The van der Waals surface area contributed by atoms with Crippen molar-refractivity contribution in [1.82, 2.24) is 0 Å². The van der Waals surface area contributed by atoms with Crippen LogP contribution in [0.15, 0.2) is 36.5 Å². The van der Waals surface area contributed by atoms with Crippen LogP contribution in [0.1, 0.15) is 284 Å². The van der Waals surface area contributed by atoms with Gasteiger partial charge in [-0.1, -0.05) is 231 Å². The normalized spacial score (nSPS) is 12.2. The Morgan fingerprint density at radius 2 is 0.581 bits per heavy atom. The van der Waals surface area contributed by atoms with Crippen LogP contribution in [-0.2, 0) is 28.6 Å². The van der Waals surface area contributed by atoms with Crippen molar-refractivity contribution in [3.63, 3.8) is 0 Å². The van der Waals surface area contributed by atoms with Gasteiger partial charge in [0.25, 0.3) is 0 Å². The van der Waals surface area contributed by atoms with E-state index in [1.54, 1.807) is 0 Å². The smallest absolute Gasteiger partial charge is 0.306 e. The summed E-state index contributed by atoms with van der Waals surface area (Å²) >= 11 is 0. The van der Waals surface area contributed by atoms with Gasteiger partial charge >= 0.3 is 17.9 Å². The molecule has 0 heterocycles. The maximum absolute atomic E-state index is 12.8. The van der Waals surface area contributed by atoms with Gasteiger partial charge in [0.05, 0.1) is 0 Å². The number of carbonyl (C=O) groups excluding carboxylic acids is 3. The Labute approximate surface area is 385 Å². The summed E-state index contributed by atoms with van der Waals surface area (Å²) in [5.74, 6) is -0.909. The Morgan fingerprint density at radius 1 is 0.323 bits per heavy atom. The fraction of sp³-hybridized carbons (Fsp3) is 0.839. The molecule has 0 aliphatic rings. The molecule has 0 bridgehead atoms. The van der Waals surface area contributed by atoms with E-state index in [0.717, 1.165) is 77.0 Å². The third-order valence-electron chi connectivity index (χ3n) is 11.9. The van der Waals surface area contributed by atoms with Crippen molar-refractivity contribution in [3.05, 3.63) is 36.5 Å². The molecule has 0 N–H and O–H groups in total. The van der Waals surface area contributed by atoms with Gasteiger partial charge in [0.1, 0.15) is 13.2 Å². The lowest BCUT2D eigenvalue weighted by Gasteiger charge is -2.18. The molecule has 62 heavy (non-hydrogen) atoms. The minimum atomic E-state index is -0.785. The lowest BCUT2D eigenvalue weighted by atomic mass is 10.1. The molecule has 0 spiro atoms. The van der Waals surface area contributed by atoms with E-state index in [1.165, 1.54) is 167 Å². The van der Waals surface area contributed by atoms with Crippen LogP contribution in [0.25, 0.3) is 0 Å². The topological polar surface area (TPSA) is 78.9 Å². The summed E-state index contributed by atoms with van der Waals surface area (Å²) in [5, 5.41) is 0. The highest BCUT2D eigenvalue weighted by atomic mass is 16.6. The molecule has 1 unspecified atom stereocenters. The van der Waals surface area contributed by atoms with Crippen LogP contribution in [0.3, 0.4) is 0 Å². The second-order valence-corrected chi connectivity index (χ2v) is 18.2. The van der Waals surface area contributed by atoms with Crippen molar-refractivity contribution in [2.75, 3.05) is 13.2 Å². The quantitative estimate of drug-likeness (QED) is 0.0199. The fourth-order valence-corrected chi connectivity index (χ4v) is 7.78. The standard InChI is InChI=1S/C56H102O6/c1-4-7-10-13-16-19-22-24-26-28-29-31-32-34-37-40-43-46-49-55(58)61-52-53(51-60-54(57)48-45-42-39-36-21-18-15-12-9-6-3)62-56(59)50-47-44-41-38-35-33-30-27-25-23-20-17-14-11-8-5-2/h27,29-31,33,35,53H,4-26,28,32,34,36-52H2,1-3H3/b30-27-,31-29-,35-33-. The van der Waals surface area contributed by atoms with E-state index >= 15 is 0 Å². The van der Waals surface area contributed by atoms with Crippen molar-refractivity contribution in [3.8, 4) is 0 Å². The first-order valence-electron chi connectivity index (χ1n) is 27.0. The summed E-state index contributed by atoms with van der Waals surface area (Å²) in [6.45, 7) is 6.62. The molecule has 6 heteroatoms. The molecule has 0 saturated heterocycles. The zero-order valence-electron chi connectivity index (χ0n) is 41.4. The van der Waals surface area contributed by atoms with Crippen LogP contribution in [0.4, 0.5) is 0 Å². The first-order valence-corrected chi connectivity index (χ1v) is 27.0. The summed E-state index contributed by atoms with van der Waals surface area (Å²) in [4.78, 5) is 37.9. The maximum Gasteiger partial charge on any atom is 0.306 e. The summed E-state index contributed by atoms with van der Waals surface area (Å²) < 4.78 is 16.8. The summed E-state index contributed by atoms with van der Waals surface area (Å²) in [5.41, 5.74) is 0. The van der Waals surface area contributed by atoms with E-state index in [4.69, 9.17) is 14.2 Å². The number of rotatable bonds is 49. The number of allylic oxidation sites excluding steroid dienone is 6. The number of hydrogen-bond acceptors (Lipinski definition) is 6. The number of ether oxygens (including phenoxy) is 3. The van der Waals surface area contributed by atoms with E-state index < -0.39 is 6.10 Å². The van der Waals surface area contributed by atoms with Crippen LogP contribution in [-0.4, -0.2) is 37.2 Å². The van der Waals surface area contributed by atoms with Crippen molar-refractivity contribution in [2.45, 2.75) is 290 Å². The maximum atomic E-state index is 12.8. The van der Waals surface area contributed by atoms with Gasteiger partial charge in [-0.2, -0.15) is 0 Å². The fourth-order valence-electron chi connectivity index (χ4n) is 7.78. The van der Waals surface area contributed by atoms with Crippen molar-refractivity contribution < 1.29 is 28.6 Å². The van der Waals surface area contributed by atoms with Gasteiger partial charge in [-0.05, 0) is 70.6 Å². The van der Waals surface area contributed by atoms with Gasteiger partial charge in [0, 0.05) is 19.3 Å². The highest BCUT2D eigenvalue weighted by Crippen LogP contribution is 2.15. The molecule has 0 rings (SSSR count). The SMILES string of the molecule is CCCCCCCCC/C=C\C=C/CCCCCC(=O)OC(COC(=O)CCCCCCC/C=C\CCCCCCCCCCC)COC(=O)CCCCCCCCCCCC. The average molecular weight is 871 g/mol. The lowest BCUT2D eigenvalue weighted by molar-refractivity contribution is -0.167. The zero-order valence-corrected chi connectivity index (χ0v) is 41.4. The highest BCUT2D eigenvalue weighted by molar-refractivity contribution is 5.71. The molecule has 0 aliphatic heterocycles. The van der Waals surface area contributed by atoms with E-state index in [-0.39, 0.29) is 31.1 Å².